The Hall–Kier alpha value is -2.12. The highest BCUT2D eigenvalue weighted by molar-refractivity contribution is 7.99. The standard InChI is InChI=1S/C18H18N4OS2/c1-12-10-13-6-3-4-7-14(13)22(12)16(23)11-25-18-20-19-17(21(18)2)15-8-5-9-24-15/h3-9,12H,10-11H2,1-2H3/t12-/m0/s1. The largest absolute Gasteiger partial charge is 0.308 e. The summed E-state index contributed by atoms with van der Waals surface area (Å²) < 4.78 is 1.95. The number of thioether (sulfide) groups is 1. The van der Waals surface area contributed by atoms with Crippen LogP contribution in [-0.4, -0.2) is 32.5 Å². The summed E-state index contributed by atoms with van der Waals surface area (Å²) in [6.45, 7) is 2.10. The zero-order valence-corrected chi connectivity index (χ0v) is 15.7. The third kappa shape index (κ3) is 2.98. The summed E-state index contributed by atoms with van der Waals surface area (Å²) in [6.07, 6.45) is 0.916. The minimum Gasteiger partial charge on any atom is -0.308 e. The molecule has 4 rings (SSSR count). The normalized spacial score (nSPS) is 16.2. The molecular formula is C18H18N4OS2. The Bertz CT molecular complexity index is 904. The Morgan fingerprint density at radius 3 is 2.92 bits per heavy atom. The molecule has 0 bridgehead atoms. The van der Waals surface area contributed by atoms with Gasteiger partial charge >= 0.3 is 0 Å². The van der Waals surface area contributed by atoms with Crippen LogP contribution >= 0.6 is 23.1 Å². The van der Waals surface area contributed by atoms with E-state index < -0.39 is 0 Å². The molecule has 0 radical (unpaired) electrons. The van der Waals surface area contributed by atoms with Gasteiger partial charge in [-0.15, -0.1) is 21.5 Å². The van der Waals surface area contributed by atoms with Gasteiger partial charge in [0, 0.05) is 18.8 Å². The van der Waals surface area contributed by atoms with E-state index in [1.165, 1.54) is 17.3 Å². The number of hydrogen-bond acceptors (Lipinski definition) is 5. The van der Waals surface area contributed by atoms with Crippen molar-refractivity contribution in [3.63, 3.8) is 0 Å². The van der Waals surface area contributed by atoms with Crippen LogP contribution in [0.3, 0.4) is 0 Å². The molecule has 1 atom stereocenters. The predicted molar refractivity (Wildman–Crippen MR) is 102 cm³/mol. The van der Waals surface area contributed by atoms with Gasteiger partial charge in [0.1, 0.15) is 0 Å². The molecule has 1 aliphatic rings. The monoisotopic (exact) mass is 370 g/mol. The molecule has 1 aliphatic heterocycles. The first-order chi connectivity index (χ1) is 12.1. The maximum absolute atomic E-state index is 12.8. The SMILES string of the molecule is C[C@H]1Cc2ccccc2N1C(=O)CSc1nnc(-c2cccs2)n1C. The number of carbonyl (C=O) groups is 1. The van der Waals surface area contributed by atoms with Crippen molar-refractivity contribution in [3.8, 4) is 10.7 Å². The van der Waals surface area contributed by atoms with Crippen LogP contribution in [0.2, 0.25) is 0 Å². The van der Waals surface area contributed by atoms with Gasteiger partial charge in [0.2, 0.25) is 5.91 Å². The lowest BCUT2D eigenvalue weighted by molar-refractivity contribution is -0.116. The number of anilines is 1. The second-order valence-corrected chi connectivity index (χ2v) is 7.97. The number of thiophene rings is 1. The number of para-hydroxylation sites is 1. The summed E-state index contributed by atoms with van der Waals surface area (Å²) in [5.41, 5.74) is 2.28. The van der Waals surface area contributed by atoms with Gasteiger partial charge in [-0.05, 0) is 36.4 Å². The molecule has 0 unspecified atom stereocenters. The van der Waals surface area contributed by atoms with E-state index in [9.17, 15) is 4.79 Å². The fourth-order valence-corrected chi connectivity index (χ4v) is 4.72. The van der Waals surface area contributed by atoms with Gasteiger partial charge in [0.25, 0.3) is 0 Å². The zero-order chi connectivity index (χ0) is 17.4. The van der Waals surface area contributed by atoms with Gasteiger partial charge in [-0.25, -0.2) is 0 Å². The maximum Gasteiger partial charge on any atom is 0.237 e. The molecule has 2 aromatic heterocycles. The number of amides is 1. The van der Waals surface area contributed by atoms with E-state index in [0.29, 0.717) is 5.75 Å². The summed E-state index contributed by atoms with van der Waals surface area (Å²) >= 11 is 3.07. The van der Waals surface area contributed by atoms with Gasteiger partial charge < -0.3 is 9.47 Å². The van der Waals surface area contributed by atoms with Crippen LogP contribution in [0.1, 0.15) is 12.5 Å². The quantitative estimate of drug-likeness (QED) is 0.658. The van der Waals surface area contributed by atoms with Gasteiger partial charge in [0.15, 0.2) is 11.0 Å². The molecule has 0 fully saturated rings. The molecular weight excluding hydrogens is 352 g/mol. The van der Waals surface area contributed by atoms with Crippen LogP contribution in [0.25, 0.3) is 10.7 Å². The third-order valence-corrected chi connectivity index (χ3v) is 6.25. The molecule has 5 nitrogen and oxygen atoms in total. The first kappa shape index (κ1) is 16.4. The Labute approximate surface area is 154 Å². The minimum absolute atomic E-state index is 0.114. The number of aromatic nitrogens is 3. The summed E-state index contributed by atoms with van der Waals surface area (Å²) in [4.78, 5) is 15.8. The number of rotatable bonds is 4. The number of carbonyl (C=O) groups excluding carboxylic acids is 1. The van der Waals surface area contributed by atoms with Crippen molar-refractivity contribution in [2.45, 2.75) is 24.5 Å². The highest BCUT2D eigenvalue weighted by Gasteiger charge is 2.30. The van der Waals surface area contributed by atoms with Crippen molar-refractivity contribution < 1.29 is 4.79 Å². The summed E-state index contributed by atoms with van der Waals surface area (Å²) in [5.74, 6) is 1.31. The van der Waals surface area contributed by atoms with Crippen molar-refractivity contribution in [1.82, 2.24) is 14.8 Å². The van der Waals surface area contributed by atoms with E-state index >= 15 is 0 Å². The van der Waals surface area contributed by atoms with Crippen LogP contribution < -0.4 is 4.90 Å². The minimum atomic E-state index is 0.114. The van der Waals surface area contributed by atoms with Crippen LogP contribution in [0.15, 0.2) is 46.9 Å². The summed E-state index contributed by atoms with van der Waals surface area (Å²) in [6, 6.07) is 12.4. The van der Waals surface area contributed by atoms with E-state index in [4.69, 9.17) is 0 Å². The fourth-order valence-electron chi connectivity index (χ4n) is 3.20. The second kappa shape index (κ2) is 6.65. The highest BCUT2D eigenvalue weighted by atomic mass is 32.2. The summed E-state index contributed by atoms with van der Waals surface area (Å²) in [7, 11) is 1.94. The van der Waals surface area contributed by atoms with Crippen molar-refractivity contribution in [2.75, 3.05) is 10.7 Å². The molecule has 0 spiro atoms. The van der Waals surface area contributed by atoms with Gasteiger partial charge in [-0.3, -0.25) is 4.79 Å². The molecule has 0 N–H and O–H groups in total. The fraction of sp³-hybridized carbons (Fsp3) is 0.278. The smallest absolute Gasteiger partial charge is 0.237 e. The highest BCUT2D eigenvalue weighted by Crippen LogP contribution is 2.33. The van der Waals surface area contributed by atoms with Crippen molar-refractivity contribution in [2.24, 2.45) is 7.05 Å². The Balaban J connectivity index is 1.48. The first-order valence-electron chi connectivity index (χ1n) is 8.11. The Morgan fingerprint density at radius 2 is 2.12 bits per heavy atom. The number of nitrogens with zero attached hydrogens (tertiary/aromatic N) is 4. The van der Waals surface area contributed by atoms with Crippen molar-refractivity contribution in [1.29, 1.82) is 0 Å². The molecule has 128 valence electrons. The van der Waals surface area contributed by atoms with Crippen LogP contribution in [0.5, 0.6) is 0 Å². The predicted octanol–water partition coefficient (Wildman–Crippen LogP) is 3.61. The van der Waals surface area contributed by atoms with Crippen LogP contribution in [0.4, 0.5) is 5.69 Å². The zero-order valence-electron chi connectivity index (χ0n) is 14.0. The van der Waals surface area contributed by atoms with Gasteiger partial charge in [-0.2, -0.15) is 0 Å². The topological polar surface area (TPSA) is 51.0 Å². The van der Waals surface area contributed by atoms with E-state index in [2.05, 4.69) is 23.2 Å². The van der Waals surface area contributed by atoms with Crippen molar-refractivity contribution in [3.05, 3.63) is 47.3 Å². The lowest BCUT2D eigenvalue weighted by Crippen LogP contribution is -2.37. The molecule has 1 aromatic carbocycles. The first-order valence-corrected chi connectivity index (χ1v) is 9.97. The molecule has 25 heavy (non-hydrogen) atoms. The Morgan fingerprint density at radius 1 is 1.28 bits per heavy atom. The number of fused-ring (bicyclic) bond motifs is 1. The molecule has 3 aromatic rings. The van der Waals surface area contributed by atoms with E-state index in [0.717, 1.165) is 28.0 Å². The number of benzene rings is 1. The van der Waals surface area contributed by atoms with E-state index in [1.54, 1.807) is 11.3 Å². The Kier molecular flexibility index (Phi) is 4.35. The average Bonchev–Trinajstić information content (AvgIpc) is 3.31. The van der Waals surface area contributed by atoms with Crippen LogP contribution in [0, 0.1) is 0 Å². The van der Waals surface area contributed by atoms with E-state index in [1.807, 2.05) is 52.2 Å². The third-order valence-electron chi connectivity index (χ3n) is 4.38. The molecule has 0 saturated heterocycles. The lowest BCUT2D eigenvalue weighted by atomic mass is 10.1. The van der Waals surface area contributed by atoms with Crippen LogP contribution in [-0.2, 0) is 18.3 Å². The molecule has 7 heteroatoms. The van der Waals surface area contributed by atoms with E-state index in [-0.39, 0.29) is 11.9 Å². The molecule has 1 amide bonds. The molecule has 0 saturated carbocycles. The average molecular weight is 371 g/mol. The second-order valence-electron chi connectivity index (χ2n) is 6.08. The molecule has 0 aliphatic carbocycles. The molecule has 3 heterocycles. The summed E-state index contributed by atoms with van der Waals surface area (Å²) in [5, 5.41) is 11.3. The number of hydrogen-bond donors (Lipinski definition) is 0. The van der Waals surface area contributed by atoms with Gasteiger partial charge in [-0.1, -0.05) is 36.0 Å². The maximum atomic E-state index is 12.8. The lowest BCUT2D eigenvalue weighted by Gasteiger charge is -2.22. The van der Waals surface area contributed by atoms with Crippen molar-refractivity contribution >= 4 is 34.7 Å². The van der Waals surface area contributed by atoms with Gasteiger partial charge in [0.05, 0.1) is 10.6 Å².